The number of nitrogens with two attached hydrogens (primary N) is 1. The molecule has 0 radical (unpaired) electrons. The standard InChI is InChI=1S/C5H5BrFN3O/c1-11-4-2(6)3(7)9-5(8)10-4/h1H3,(H2,8,9,10). The summed E-state index contributed by atoms with van der Waals surface area (Å²) in [7, 11) is 1.37. The molecule has 0 fully saturated rings. The number of hydrogen-bond acceptors (Lipinski definition) is 4. The van der Waals surface area contributed by atoms with Crippen molar-refractivity contribution in [3.63, 3.8) is 0 Å². The van der Waals surface area contributed by atoms with E-state index in [2.05, 4.69) is 30.6 Å². The molecule has 0 aromatic carbocycles. The highest BCUT2D eigenvalue weighted by Crippen LogP contribution is 2.24. The average molecular weight is 222 g/mol. The number of ether oxygens (including phenoxy) is 1. The molecule has 1 heterocycles. The lowest BCUT2D eigenvalue weighted by molar-refractivity contribution is 0.388. The molecule has 0 aliphatic carbocycles. The second-order valence-corrected chi connectivity index (χ2v) is 2.49. The van der Waals surface area contributed by atoms with Crippen LogP contribution in [-0.2, 0) is 0 Å². The maximum absolute atomic E-state index is 12.7. The van der Waals surface area contributed by atoms with Crippen molar-refractivity contribution in [2.75, 3.05) is 12.8 Å². The van der Waals surface area contributed by atoms with E-state index >= 15 is 0 Å². The second kappa shape index (κ2) is 3.00. The van der Waals surface area contributed by atoms with Crippen LogP contribution in [0.15, 0.2) is 4.47 Å². The summed E-state index contributed by atoms with van der Waals surface area (Å²) >= 11 is 2.89. The summed E-state index contributed by atoms with van der Waals surface area (Å²) < 4.78 is 17.4. The molecule has 4 nitrogen and oxygen atoms in total. The second-order valence-electron chi connectivity index (χ2n) is 1.70. The van der Waals surface area contributed by atoms with Crippen LogP contribution in [0, 0.1) is 5.95 Å². The van der Waals surface area contributed by atoms with E-state index < -0.39 is 5.95 Å². The first-order valence-electron chi connectivity index (χ1n) is 2.67. The first kappa shape index (κ1) is 8.19. The van der Waals surface area contributed by atoms with Crippen molar-refractivity contribution in [3.05, 3.63) is 10.4 Å². The largest absolute Gasteiger partial charge is 0.480 e. The van der Waals surface area contributed by atoms with Crippen LogP contribution in [0.25, 0.3) is 0 Å². The lowest BCUT2D eigenvalue weighted by atomic mass is 10.6. The zero-order chi connectivity index (χ0) is 8.43. The molecule has 1 aromatic rings. The van der Waals surface area contributed by atoms with Gasteiger partial charge >= 0.3 is 0 Å². The lowest BCUT2D eigenvalue weighted by Gasteiger charge is -2.01. The molecule has 1 aromatic heterocycles. The van der Waals surface area contributed by atoms with Crippen molar-refractivity contribution >= 4 is 21.9 Å². The van der Waals surface area contributed by atoms with Crippen LogP contribution in [0.1, 0.15) is 0 Å². The Morgan fingerprint density at radius 2 is 2.18 bits per heavy atom. The van der Waals surface area contributed by atoms with E-state index in [1.165, 1.54) is 7.11 Å². The highest BCUT2D eigenvalue weighted by atomic mass is 79.9. The summed E-state index contributed by atoms with van der Waals surface area (Å²) in [6.07, 6.45) is 0. The highest BCUT2D eigenvalue weighted by molar-refractivity contribution is 9.10. The zero-order valence-corrected chi connectivity index (χ0v) is 7.22. The van der Waals surface area contributed by atoms with Gasteiger partial charge in [-0.3, -0.25) is 0 Å². The van der Waals surface area contributed by atoms with Gasteiger partial charge in [-0.05, 0) is 15.9 Å². The summed E-state index contributed by atoms with van der Waals surface area (Å²) in [5.41, 5.74) is 5.14. The van der Waals surface area contributed by atoms with E-state index in [-0.39, 0.29) is 16.3 Å². The van der Waals surface area contributed by atoms with Gasteiger partial charge in [0, 0.05) is 0 Å². The molecule has 0 spiro atoms. The van der Waals surface area contributed by atoms with Crippen LogP contribution in [-0.4, -0.2) is 17.1 Å². The summed E-state index contributed by atoms with van der Waals surface area (Å²) in [5.74, 6) is -0.785. The molecule has 0 saturated carbocycles. The lowest BCUT2D eigenvalue weighted by Crippen LogP contribution is -2.01. The molecule has 0 atom stereocenters. The predicted molar refractivity (Wildman–Crippen MR) is 40.7 cm³/mol. The molecule has 0 aliphatic heterocycles. The van der Waals surface area contributed by atoms with Gasteiger partial charge in [0.1, 0.15) is 4.47 Å². The molecular weight excluding hydrogens is 217 g/mol. The van der Waals surface area contributed by atoms with E-state index in [1.807, 2.05) is 0 Å². The van der Waals surface area contributed by atoms with Crippen molar-refractivity contribution < 1.29 is 9.13 Å². The third kappa shape index (κ3) is 1.56. The van der Waals surface area contributed by atoms with Crippen molar-refractivity contribution in [1.82, 2.24) is 9.97 Å². The Hall–Kier alpha value is -0.910. The minimum atomic E-state index is -0.727. The third-order valence-electron chi connectivity index (χ3n) is 0.991. The van der Waals surface area contributed by atoms with Gasteiger partial charge in [0.25, 0.3) is 0 Å². The summed E-state index contributed by atoms with van der Waals surface area (Å²) in [4.78, 5) is 6.86. The number of hydrogen-bond donors (Lipinski definition) is 1. The minimum absolute atomic E-state index is 0.0780. The fourth-order valence-electron chi connectivity index (χ4n) is 0.551. The first-order chi connectivity index (χ1) is 5.15. The number of methoxy groups -OCH3 is 1. The molecule has 11 heavy (non-hydrogen) atoms. The number of nitrogens with zero attached hydrogens (tertiary/aromatic N) is 2. The monoisotopic (exact) mass is 221 g/mol. The first-order valence-corrected chi connectivity index (χ1v) is 3.47. The maximum Gasteiger partial charge on any atom is 0.235 e. The van der Waals surface area contributed by atoms with Crippen LogP contribution in [0.4, 0.5) is 10.3 Å². The molecule has 0 amide bonds. The Labute approximate surface area is 70.7 Å². The highest BCUT2D eigenvalue weighted by Gasteiger charge is 2.09. The summed E-state index contributed by atoms with van der Waals surface area (Å²) in [6.45, 7) is 0. The Bertz CT molecular complexity index is 281. The number of rotatable bonds is 1. The van der Waals surface area contributed by atoms with Crippen LogP contribution in [0.2, 0.25) is 0 Å². The number of nitrogen functional groups attached to an aromatic ring is 1. The zero-order valence-electron chi connectivity index (χ0n) is 5.64. The topological polar surface area (TPSA) is 61.0 Å². The van der Waals surface area contributed by atoms with Crippen LogP contribution in [0.3, 0.4) is 0 Å². The molecule has 2 N–H and O–H groups in total. The van der Waals surface area contributed by atoms with Crippen LogP contribution in [0.5, 0.6) is 5.88 Å². The van der Waals surface area contributed by atoms with Crippen molar-refractivity contribution in [2.45, 2.75) is 0 Å². The average Bonchev–Trinajstić information content (AvgIpc) is 1.96. The minimum Gasteiger partial charge on any atom is -0.480 e. The van der Waals surface area contributed by atoms with Gasteiger partial charge in [0.05, 0.1) is 7.11 Å². The fraction of sp³-hybridized carbons (Fsp3) is 0.200. The molecule has 1 rings (SSSR count). The Morgan fingerprint density at radius 1 is 1.55 bits per heavy atom. The van der Waals surface area contributed by atoms with Gasteiger partial charge in [-0.2, -0.15) is 14.4 Å². The van der Waals surface area contributed by atoms with Gasteiger partial charge in [-0.25, -0.2) is 0 Å². The molecule has 6 heteroatoms. The molecule has 60 valence electrons. The normalized spacial score (nSPS) is 9.73. The van der Waals surface area contributed by atoms with E-state index in [4.69, 9.17) is 5.73 Å². The Morgan fingerprint density at radius 3 is 2.73 bits per heavy atom. The third-order valence-corrected chi connectivity index (χ3v) is 1.66. The smallest absolute Gasteiger partial charge is 0.235 e. The molecular formula is C5H5BrFN3O. The van der Waals surface area contributed by atoms with Gasteiger partial charge in [0.2, 0.25) is 17.8 Å². The molecule has 0 bridgehead atoms. The van der Waals surface area contributed by atoms with Gasteiger partial charge in [0.15, 0.2) is 0 Å². The summed E-state index contributed by atoms with van der Waals surface area (Å²) in [6, 6.07) is 0. The van der Waals surface area contributed by atoms with Gasteiger partial charge < -0.3 is 10.5 Å². The number of anilines is 1. The van der Waals surface area contributed by atoms with E-state index in [1.54, 1.807) is 0 Å². The van der Waals surface area contributed by atoms with Crippen molar-refractivity contribution in [1.29, 1.82) is 0 Å². The van der Waals surface area contributed by atoms with E-state index in [9.17, 15) is 4.39 Å². The maximum atomic E-state index is 12.7. The number of aromatic nitrogens is 2. The van der Waals surface area contributed by atoms with Crippen molar-refractivity contribution in [2.24, 2.45) is 0 Å². The quantitative estimate of drug-likeness (QED) is 0.719. The van der Waals surface area contributed by atoms with Crippen LogP contribution < -0.4 is 10.5 Å². The molecule has 0 unspecified atom stereocenters. The van der Waals surface area contributed by atoms with Crippen LogP contribution >= 0.6 is 15.9 Å². The molecule has 0 saturated heterocycles. The van der Waals surface area contributed by atoms with E-state index in [0.29, 0.717) is 0 Å². The Kier molecular flexibility index (Phi) is 2.23. The van der Waals surface area contributed by atoms with Crippen molar-refractivity contribution in [3.8, 4) is 5.88 Å². The Balaban J connectivity index is 3.24. The van der Waals surface area contributed by atoms with Gasteiger partial charge in [-0.15, -0.1) is 0 Å². The predicted octanol–water partition coefficient (Wildman–Crippen LogP) is 0.969. The number of halogens is 2. The summed E-state index contributed by atoms with van der Waals surface area (Å²) in [5, 5.41) is 0. The SMILES string of the molecule is COc1nc(N)nc(F)c1Br. The fourth-order valence-corrected chi connectivity index (χ4v) is 0.890. The molecule has 0 aliphatic rings. The van der Waals surface area contributed by atoms with E-state index in [0.717, 1.165) is 0 Å². The van der Waals surface area contributed by atoms with Gasteiger partial charge in [-0.1, -0.05) is 0 Å².